The van der Waals surface area contributed by atoms with Gasteiger partial charge in [-0.05, 0) is 24.6 Å². The topological polar surface area (TPSA) is 97.8 Å². The summed E-state index contributed by atoms with van der Waals surface area (Å²) in [5, 5.41) is 18.0. The van der Waals surface area contributed by atoms with Crippen LogP contribution >= 0.6 is 0 Å². The molecule has 0 amide bonds. The first-order chi connectivity index (χ1) is 8.22. The normalized spacial score (nSPS) is 11.4. The minimum absolute atomic E-state index is 0.0589. The van der Waals surface area contributed by atoms with Gasteiger partial charge >= 0.3 is 0 Å². The van der Waals surface area contributed by atoms with Crippen LogP contribution in [0.4, 0.5) is 5.69 Å². The van der Waals surface area contributed by atoms with E-state index in [1.807, 2.05) is 18.2 Å². The van der Waals surface area contributed by atoms with Crippen molar-refractivity contribution in [2.75, 3.05) is 6.54 Å². The first kappa shape index (κ1) is 11.3. The number of aromatic amines is 1. The lowest BCUT2D eigenvalue weighted by atomic mass is 10.1. The summed E-state index contributed by atoms with van der Waals surface area (Å²) >= 11 is 0. The highest BCUT2D eigenvalue weighted by Gasteiger charge is 2.14. The van der Waals surface area contributed by atoms with Gasteiger partial charge in [-0.3, -0.25) is 15.2 Å². The average Bonchev–Trinajstić information content (AvgIpc) is 2.76. The number of H-pyrrole nitrogens is 1. The van der Waals surface area contributed by atoms with Crippen LogP contribution in [0.5, 0.6) is 0 Å². The van der Waals surface area contributed by atoms with Crippen LogP contribution in [0.2, 0.25) is 0 Å². The average molecular weight is 232 g/mol. The summed E-state index contributed by atoms with van der Waals surface area (Å²) in [5.41, 5.74) is 6.85. The zero-order valence-corrected chi connectivity index (χ0v) is 9.09. The van der Waals surface area contributed by atoms with Crippen LogP contribution in [0.25, 0.3) is 17.0 Å². The third-order valence-electron chi connectivity index (χ3n) is 2.40. The molecule has 88 valence electrons. The summed E-state index contributed by atoms with van der Waals surface area (Å²) in [6.07, 6.45) is 5.91. The van der Waals surface area contributed by atoms with Crippen LogP contribution in [-0.4, -0.2) is 21.7 Å². The lowest BCUT2D eigenvalue weighted by Crippen LogP contribution is -1.95. The molecule has 0 aliphatic carbocycles. The Morgan fingerprint density at radius 1 is 1.53 bits per heavy atom. The van der Waals surface area contributed by atoms with Gasteiger partial charge in [0.1, 0.15) is 0 Å². The van der Waals surface area contributed by atoms with E-state index >= 15 is 0 Å². The molecule has 0 fully saturated rings. The van der Waals surface area contributed by atoms with Crippen molar-refractivity contribution in [2.24, 2.45) is 5.73 Å². The maximum Gasteiger partial charge on any atom is 0.280 e. The highest BCUT2D eigenvalue weighted by molar-refractivity contribution is 5.89. The van der Waals surface area contributed by atoms with Crippen molar-refractivity contribution in [3.05, 3.63) is 40.1 Å². The first-order valence-corrected chi connectivity index (χ1v) is 5.20. The monoisotopic (exact) mass is 232 g/mol. The van der Waals surface area contributed by atoms with Crippen LogP contribution in [0.3, 0.4) is 0 Å². The van der Waals surface area contributed by atoms with Crippen LogP contribution in [0.15, 0.2) is 24.4 Å². The SMILES string of the molecule is NCCC=Cc1cc([N+](=O)[O-])c2cn[nH]c2c1. The van der Waals surface area contributed by atoms with Crippen LogP contribution in [0.1, 0.15) is 12.0 Å². The Morgan fingerprint density at radius 2 is 2.35 bits per heavy atom. The number of benzene rings is 1. The minimum atomic E-state index is -0.405. The number of fused-ring (bicyclic) bond motifs is 1. The number of hydrogen-bond acceptors (Lipinski definition) is 4. The molecule has 0 bridgehead atoms. The predicted molar refractivity (Wildman–Crippen MR) is 65.5 cm³/mol. The third kappa shape index (κ3) is 2.31. The maximum absolute atomic E-state index is 10.9. The number of nitro groups is 1. The number of hydrogen-bond donors (Lipinski definition) is 2. The van der Waals surface area contributed by atoms with Crippen molar-refractivity contribution >= 4 is 22.7 Å². The Balaban J connectivity index is 2.48. The number of non-ortho nitro benzene ring substituents is 1. The fourth-order valence-corrected chi connectivity index (χ4v) is 1.62. The van der Waals surface area contributed by atoms with Crippen LogP contribution < -0.4 is 5.73 Å². The second-order valence-corrected chi connectivity index (χ2v) is 3.61. The van der Waals surface area contributed by atoms with Crippen LogP contribution in [-0.2, 0) is 0 Å². The molecule has 17 heavy (non-hydrogen) atoms. The van der Waals surface area contributed by atoms with E-state index in [-0.39, 0.29) is 5.69 Å². The van der Waals surface area contributed by atoms with Crippen LogP contribution in [0, 0.1) is 10.1 Å². The van der Waals surface area contributed by atoms with E-state index in [1.165, 1.54) is 12.3 Å². The molecule has 1 aromatic carbocycles. The van der Waals surface area contributed by atoms with Crippen molar-refractivity contribution in [1.82, 2.24) is 10.2 Å². The Bertz CT molecular complexity index is 574. The molecule has 1 aromatic heterocycles. The lowest BCUT2D eigenvalue weighted by molar-refractivity contribution is -0.383. The Labute approximate surface area is 97.3 Å². The highest BCUT2D eigenvalue weighted by atomic mass is 16.6. The number of nitrogens with one attached hydrogen (secondary N) is 1. The summed E-state index contributed by atoms with van der Waals surface area (Å²) < 4.78 is 0. The number of nitrogens with two attached hydrogens (primary N) is 1. The summed E-state index contributed by atoms with van der Waals surface area (Å²) in [5.74, 6) is 0. The second kappa shape index (κ2) is 4.75. The zero-order chi connectivity index (χ0) is 12.3. The quantitative estimate of drug-likeness (QED) is 0.620. The van der Waals surface area contributed by atoms with Crippen molar-refractivity contribution in [1.29, 1.82) is 0 Å². The molecular formula is C11H12N4O2. The van der Waals surface area contributed by atoms with Crippen molar-refractivity contribution in [3.63, 3.8) is 0 Å². The van der Waals surface area contributed by atoms with E-state index in [0.29, 0.717) is 17.4 Å². The molecule has 0 radical (unpaired) electrons. The standard InChI is InChI=1S/C11H12N4O2/c12-4-2-1-3-8-5-10-9(7-13-14-10)11(6-8)15(16)17/h1,3,5-7H,2,4,12H2,(H,13,14). The molecule has 0 aliphatic rings. The summed E-state index contributed by atoms with van der Waals surface area (Å²) in [4.78, 5) is 10.5. The molecule has 0 saturated carbocycles. The maximum atomic E-state index is 10.9. The van der Waals surface area contributed by atoms with Crippen molar-refractivity contribution in [2.45, 2.75) is 6.42 Å². The highest BCUT2D eigenvalue weighted by Crippen LogP contribution is 2.26. The molecule has 0 atom stereocenters. The molecule has 6 nitrogen and oxygen atoms in total. The fraction of sp³-hybridized carbons (Fsp3) is 0.182. The second-order valence-electron chi connectivity index (χ2n) is 3.61. The number of aromatic nitrogens is 2. The van der Waals surface area contributed by atoms with Gasteiger partial charge in [0, 0.05) is 6.07 Å². The molecule has 0 unspecified atom stereocenters. The zero-order valence-electron chi connectivity index (χ0n) is 9.09. The molecule has 0 spiro atoms. The largest absolute Gasteiger partial charge is 0.330 e. The smallest absolute Gasteiger partial charge is 0.280 e. The van der Waals surface area contributed by atoms with Gasteiger partial charge in [-0.25, -0.2) is 0 Å². The summed E-state index contributed by atoms with van der Waals surface area (Å²) in [6, 6.07) is 3.35. The van der Waals surface area contributed by atoms with Gasteiger partial charge in [0.15, 0.2) is 0 Å². The lowest BCUT2D eigenvalue weighted by Gasteiger charge is -1.97. The Morgan fingerprint density at radius 3 is 3.06 bits per heavy atom. The van der Waals surface area contributed by atoms with Gasteiger partial charge in [0.2, 0.25) is 0 Å². The van der Waals surface area contributed by atoms with Crippen molar-refractivity contribution in [3.8, 4) is 0 Å². The predicted octanol–water partition coefficient (Wildman–Crippen LogP) is 1.83. The van der Waals surface area contributed by atoms with E-state index in [4.69, 9.17) is 5.73 Å². The van der Waals surface area contributed by atoms with Gasteiger partial charge in [-0.1, -0.05) is 12.2 Å². The van der Waals surface area contributed by atoms with Crippen molar-refractivity contribution < 1.29 is 4.92 Å². The molecule has 3 N–H and O–H groups in total. The molecule has 1 heterocycles. The van der Waals surface area contributed by atoms with E-state index in [1.54, 1.807) is 0 Å². The molecule has 6 heteroatoms. The van der Waals surface area contributed by atoms with E-state index in [9.17, 15) is 10.1 Å². The molecule has 0 saturated heterocycles. The molecule has 0 aliphatic heterocycles. The Kier molecular flexibility index (Phi) is 3.15. The number of nitrogens with zero attached hydrogens (tertiary/aromatic N) is 2. The van der Waals surface area contributed by atoms with E-state index < -0.39 is 4.92 Å². The molecular weight excluding hydrogens is 220 g/mol. The Hall–Kier alpha value is -2.21. The van der Waals surface area contributed by atoms with Gasteiger partial charge in [-0.2, -0.15) is 5.10 Å². The number of rotatable bonds is 4. The van der Waals surface area contributed by atoms with E-state index in [0.717, 1.165) is 12.0 Å². The van der Waals surface area contributed by atoms with Gasteiger partial charge < -0.3 is 5.73 Å². The third-order valence-corrected chi connectivity index (χ3v) is 2.40. The van der Waals surface area contributed by atoms with Gasteiger partial charge in [0.05, 0.1) is 22.0 Å². The fourth-order valence-electron chi connectivity index (χ4n) is 1.62. The number of nitro benzene ring substituents is 1. The van der Waals surface area contributed by atoms with Gasteiger partial charge in [-0.15, -0.1) is 0 Å². The minimum Gasteiger partial charge on any atom is -0.330 e. The van der Waals surface area contributed by atoms with E-state index in [2.05, 4.69) is 10.2 Å². The molecule has 2 aromatic rings. The summed E-state index contributed by atoms with van der Waals surface area (Å²) in [7, 11) is 0. The first-order valence-electron chi connectivity index (χ1n) is 5.20. The summed E-state index contributed by atoms with van der Waals surface area (Å²) in [6.45, 7) is 0.560. The molecule has 2 rings (SSSR count). The van der Waals surface area contributed by atoms with Gasteiger partial charge in [0.25, 0.3) is 5.69 Å².